The smallest absolute Gasteiger partial charge is 0.292 e. The second-order valence-electron chi connectivity index (χ2n) is 6.51. The predicted molar refractivity (Wildman–Crippen MR) is 92.0 cm³/mol. The molecule has 2 N–H and O–H groups in total. The van der Waals surface area contributed by atoms with Crippen molar-refractivity contribution in [3.8, 4) is 0 Å². The number of nitrogens with zero attached hydrogens (tertiary/aromatic N) is 2. The Hall–Kier alpha value is -2.15. The van der Waals surface area contributed by atoms with E-state index in [4.69, 9.17) is 0 Å². The number of fused-ring (bicyclic) bond motifs is 1. The van der Waals surface area contributed by atoms with Gasteiger partial charge in [0.25, 0.3) is 5.69 Å². The second kappa shape index (κ2) is 7.61. The highest BCUT2D eigenvalue weighted by atomic mass is 16.6. The van der Waals surface area contributed by atoms with Crippen LogP contribution >= 0.6 is 0 Å². The molecule has 1 aromatic rings. The Labute approximate surface area is 141 Å². The summed E-state index contributed by atoms with van der Waals surface area (Å²) < 4.78 is 0. The fourth-order valence-corrected chi connectivity index (χ4v) is 3.79. The molecule has 0 bridgehead atoms. The van der Waals surface area contributed by atoms with Gasteiger partial charge < -0.3 is 10.6 Å². The number of rotatable bonds is 6. The number of nitro benzene ring substituents is 1. The van der Waals surface area contributed by atoms with E-state index in [1.165, 1.54) is 25.3 Å². The molecule has 130 valence electrons. The summed E-state index contributed by atoms with van der Waals surface area (Å²) in [5.74, 6) is 0.0125. The zero-order valence-electron chi connectivity index (χ0n) is 13.7. The van der Waals surface area contributed by atoms with Gasteiger partial charge in [0.2, 0.25) is 5.91 Å². The van der Waals surface area contributed by atoms with Gasteiger partial charge in [-0.15, -0.1) is 0 Å². The summed E-state index contributed by atoms with van der Waals surface area (Å²) in [6.45, 7) is 2.61. The molecule has 1 amide bonds. The SMILES string of the molecule is O=C(CCNc1ccccc1[N+](=O)[O-])NC1CCN2CCCCC12. The lowest BCUT2D eigenvalue weighted by atomic mass is 9.99. The van der Waals surface area contributed by atoms with Crippen molar-refractivity contribution in [2.75, 3.05) is 25.0 Å². The molecule has 24 heavy (non-hydrogen) atoms. The number of hydrogen-bond acceptors (Lipinski definition) is 5. The van der Waals surface area contributed by atoms with Crippen molar-refractivity contribution in [1.82, 2.24) is 10.2 Å². The van der Waals surface area contributed by atoms with E-state index in [-0.39, 0.29) is 17.6 Å². The lowest BCUT2D eigenvalue weighted by Gasteiger charge is -2.32. The minimum Gasteiger partial charge on any atom is -0.379 e. The van der Waals surface area contributed by atoms with E-state index in [0.717, 1.165) is 19.5 Å². The summed E-state index contributed by atoms with van der Waals surface area (Å²) in [5, 5.41) is 17.1. The van der Waals surface area contributed by atoms with E-state index in [1.54, 1.807) is 18.2 Å². The molecule has 2 atom stereocenters. The van der Waals surface area contributed by atoms with E-state index in [2.05, 4.69) is 15.5 Å². The van der Waals surface area contributed by atoms with E-state index < -0.39 is 4.92 Å². The Morgan fingerprint density at radius 1 is 1.25 bits per heavy atom. The molecule has 2 aliphatic rings. The van der Waals surface area contributed by atoms with Gasteiger partial charge in [0.15, 0.2) is 0 Å². The Morgan fingerprint density at radius 2 is 2.08 bits per heavy atom. The van der Waals surface area contributed by atoms with Crippen LogP contribution in [0.1, 0.15) is 32.1 Å². The van der Waals surface area contributed by atoms with Gasteiger partial charge in [0.05, 0.1) is 4.92 Å². The zero-order valence-corrected chi connectivity index (χ0v) is 13.7. The van der Waals surface area contributed by atoms with E-state index in [9.17, 15) is 14.9 Å². The number of anilines is 1. The molecule has 0 radical (unpaired) electrons. The summed E-state index contributed by atoms with van der Waals surface area (Å²) in [7, 11) is 0. The number of benzene rings is 1. The first-order valence-electron chi connectivity index (χ1n) is 8.66. The predicted octanol–water partition coefficient (Wildman–Crippen LogP) is 2.14. The highest BCUT2D eigenvalue weighted by Crippen LogP contribution is 2.27. The van der Waals surface area contributed by atoms with Crippen molar-refractivity contribution >= 4 is 17.3 Å². The van der Waals surface area contributed by atoms with Crippen LogP contribution in [-0.2, 0) is 4.79 Å². The highest BCUT2D eigenvalue weighted by molar-refractivity contribution is 5.77. The third kappa shape index (κ3) is 3.84. The molecule has 7 nitrogen and oxygen atoms in total. The summed E-state index contributed by atoms with van der Waals surface area (Å²) in [6, 6.07) is 7.23. The number of para-hydroxylation sites is 2. The molecule has 1 aromatic carbocycles. The van der Waals surface area contributed by atoms with Gasteiger partial charge in [0.1, 0.15) is 5.69 Å². The molecule has 3 rings (SSSR count). The maximum absolute atomic E-state index is 12.2. The van der Waals surface area contributed by atoms with Gasteiger partial charge in [-0.1, -0.05) is 18.6 Å². The molecular formula is C17H24N4O3. The van der Waals surface area contributed by atoms with Gasteiger partial charge in [0, 0.05) is 37.7 Å². The van der Waals surface area contributed by atoms with Crippen LogP contribution in [0.15, 0.2) is 24.3 Å². The summed E-state index contributed by atoms with van der Waals surface area (Å²) in [4.78, 5) is 25.2. The van der Waals surface area contributed by atoms with Crippen molar-refractivity contribution in [2.45, 2.75) is 44.2 Å². The van der Waals surface area contributed by atoms with E-state index >= 15 is 0 Å². The van der Waals surface area contributed by atoms with Gasteiger partial charge in [-0.3, -0.25) is 19.8 Å². The van der Waals surface area contributed by atoms with Crippen molar-refractivity contribution < 1.29 is 9.72 Å². The largest absolute Gasteiger partial charge is 0.379 e. The van der Waals surface area contributed by atoms with Crippen LogP contribution in [-0.4, -0.2) is 47.4 Å². The fraction of sp³-hybridized carbons (Fsp3) is 0.588. The number of nitro groups is 1. The van der Waals surface area contributed by atoms with Gasteiger partial charge in [-0.05, 0) is 31.9 Å². The molecule has 2 saturated heterocycles. The maximum Gasteiger partial charge on any atom is 0.292 e. The lowest BCUT2D eigenvalue weighted by Crippen LogP contribution is -2.47. The van der Waals surface area contributed by atoms with Gasteiger partial charge >= 0.3 is 0 Å². The first-order chi connectivity index (χ1) is 11.6. The molecule has 0 spiro atoms. The fourth-order valence-electron chi connectivity index (χ4n) is 3.79. The minimum absolute atomic E-state index is 0.0125. The lowest BCUT2D eigenvalue weighted by molar-refractivity contribution is -0.384. The monoisotopic (exact) mass is 332 g/mol. The molecule has 0 aliphatic carbocycles. The first-order valence-corrected chi connectivity index (χ1v) is 8.66. The van der Waals surface area contributed by atoms with Crippen molar-refractivity contribution in [3.05, 3.63) is 34.4 Å². The summed E-state index contributed by atoms with van der Waals surface area (Å²) in [5.41, 5.74) is 0.487. The maximum atomic E-state index is 12.2. The minimum atomic E-state index is -0.418. The average molecular weight is 332 g/mol. The molecule has 2 fully saturated rings. The van der Waals surface area contributed by atoms with Crippen LogP contribution in [0.25, 0.3) is 0 Å². The highest BCUT2D eigenvalue weighted by Gasteiger charge is 2.35. The van der Waals surface area contributed by atoms with E-state index in [1.807, 2.05) is 0 Å². The van der Waals surface area contributed by atoms with Crippen LogP contribution in [0, 0.1) is 10.1 Å². The van der Waals surface area contributed by atoms with Crippen molar-refractivity contribution in [3.63, 3.8) is 0 Å². The zero-order chi connectivity index (χ0) is 16.9. The van der Waals surface area contributed by atoms with Crippen LogP contribution in [0.2, 0.25) is 0 Å². The molecule has 0 aromatic heterocycles. The van der Waals surface area contributed by atoms with Gasteiger partial charge in [-0.2, -0.15) is 0 Å². The Balaban J connectivity index is 1.46. The third-order valence-electron chi connectivity index (χ3n) is 4.97. The molecule has 7 heteroatoms. The molecule has 0 saturated carbocycles. The third-order valence-corrected chi connectivity index (χ3v) is 4.97. The number of nitrogens with one attached hydrogen (secondary N) is 2. The molecular weight excluding hydrogens is 308 g/mol. The molecule has 2 unspecified atom stereocenters. The summed E-state index contributed by atoms with van der Waals surface area (Å²) in [6.07, 6.45) is 5.01. The molecule has 2 aliphatic heterocycles. The normalized spacial score (nSPS) is 23.5. The number of amides is 1. The Bertz CT molecular complexity index is 607. The number of carbonyl (C=O) groups excluding carboxylic acids is 1. The number of piperidine rings is 1. The van der Waals surface area contributed by atoms with Crippen LogP contribution in [0.4, 0.5) is 11.4 Å². The first kappa shape index (κ1) is 16.7. The van der Waals surface area contributed by atoms with Crippen LogP contribution in [0.5, 0.6) is 0 Å². The Morgan fingerprint density at radius 3 is 2.92 bits per heavy atom. The number of hydrogen-bond donors (Lipinski definition) is 2. The quantitative estimate of drug-likeness (QED) is 0.615. The van der Waals surface area contributed by atoms with Crippen molar-refractivity contribution in [1.29, 1.82) is 0 Å². The Kier molecular flexibility index (Phi) is 5.30. The van der Waals surface area contributed by atoms with Crippen molar-refractivity contribution in [2.24, 2.45) is 0 Å². The van der Waals surface area contributed by atoms with E-state index in [0.29, 0.717) is 24.7 Å². The van der Waals surface area contributed by atoms with Gasteiger partial charge in [-0.25, -0.2) is 0 Å². The molecule has 2 heterocycles. The average Bonchev–Trinajstić information content (AvgIpc) is 2.98. The summed E-state index contributed by atoms with van der Waals surface area (Å²) >= 11 is 0. The number of carbonyl (C=O) groups is 1. The van der Waals surface area contributed by atoms with Crippen LogP contribution in [0.3, 0.4) is 0 Å². The van der Waals surface area contributed by atoms with Crippen LogP contribution < -0.4 is 10.6 Å². The topological polar surface area (TPSA) is 87.5 Å². The second-order valence-corrected chi connectivity index (χ2v) is 6.51. The standard InChI is InChI=1S/C17H24N4O3/c22-17(19-14-9-12-20-11-4-3-6-15(14)20)8-10-18-13-5-1-2-7-16(13)21(23)24/h1-2,5,7,14-15,18H,3-4,6,8-12H2,(H,19,22).